The van der Waals surface area contributed by atoms with Crippen molar-refractivity contribution in [3.63, 3.8) is 0 Å². The van der Waals surface area contributed by atoms with Crippen LogP contribution in [0.25, 0.3) is 10.9 Å². The normalized spacial score (nSPS) is 14.8. The Kier molecular flexibility index (Phi) is 4.74. The number of nitrogens with zero attached hydrogens (tertiary/aromatic N) is 4. The smallest absolute Gasteiger partial charge is 0.289 e. The molecular weight excluding hydrogens is 352 g/mol. The molecule has 6 heteroatoms. The Hall–Kier alpha value is -3.33. The summed E-state index contributed by atoms with van der Waals surface area (Å²) in [6, 6.07) is 11.7. The first-order chi connectivity index (χ1) is 13.6. The quantitative estimate of drug-likeness (QED) is 0.684. The molecule has 2 aromatic heterocycles. The minimum Gasteiger partial charge on any atom is -0.459 e. The summed E-state index contributed by atoms with van der Waals surface area (Å²) in [5.41, 5.74) is 3.82. The molecule has 0 atom stereocenters. The molecule has 0 radical (unpaired) electrons. The molecule has 0 unspecified atom stereocenters. The summed E-state index contributed by atoms with van der Waals surface area (Å²) in [5.74, 6) is 0.974. The number of amides is 1. The van der Waals surface area contributed by atoms with Gasteiger partial charge in [0.2, 0.25) is 0 Å². The van der Waals surface area contributed by atoms with Gasteiger partial charge in [-0.1, -0.05) is 12.1 Å². The standard InChI is InChI=1S/C22H22N4O2/c1-15-6-7-17-13-18(14-23)21(24-20(17)16(15)2)25-8-4-9-26(11-10-25)22(27)19-5-3-12-28-19/h3,5-7,12-13H,4,8-11H2,1-2H3. The number of anilines is 1. The van der Waals surface area contributed by atoms with Crippen molar-refractivity contribution in [1.29, 1.82) is 5.26 Å². The summed E-state index contributed by atoms with van der Waals surface area (Å²) in [5, 5.41) is 10.7. The van der Waals surface area contributed by atoms with Gasteiger partial charge >= 0.3 is 0 Å². The molecule has 6 nitrogen and oxygen atoms in total. The van der Waals surface area contributed by atoms with Crippen LogP contribution >= 0.6 is 0 Å². The number of furan rings is 1. The van der Waals surface area contributed by atoms with E-state index in [1.54, 1.807) is 17.0 Å². The number of rotatable bonds is 2. The van der Waals surface area contributed by atoms with Crippen molar-refractivity contribution >= 4 is 22.6 Å². The second kappa shape index (κ2) is 7.35. The van der Waals surface area contributed by atoms with Gasteiger partial charge in [-0.15, -0.1) is 0 Å². The van der Waals surface area contributed by atoms with Crippen LogP contribution in [0.4, 0.5) is 5.82 Å². The van der Waals surface area contributed by atoms with Crippen molar-refractivity contribution in [1.82, 2.24) is 9.88 Å². The van der Waals surface area contributed by atoms with E-state index in [0.717, 1.165) is 29.4 Å². The zero-order valence-electron chi connectivity index (χ0n) is 16.1. The van der Waals surface area contributed by atoms with Crippen LogP contribution in [0, 0.1) is 25.2 Å². The lowest BCUT2D eigenvalue weighted by Gasteiger charge is -2.24. The van der Waals surface area contributed by atoms with E-state index in [2.05, 4.69) is 30.9 Å². The summed E-state index contributed by atoms with van der Waals surface area (Å²) in [4.78, 5) is 21.4. The fourth-order valence-corrected chi connectivity index (χ4v) is 3.68. The molecule has 1 amide bonds. The van der Waals surface area contributed by atoms with Crippen molar-refractivity contribution < 1.29 is 9.21 Å². The number of fused-ring (bicyclic) bond motifs is 1. The lowest BCUT2D eigenvalue weighted by Crippen LogP contribution is -2.35. The van der Waals surface area contributed by atoms with Gasteiger partial charge in [0.1, 0.15) is 11.9 Å². The molecule has 3 heterocycles. The minimum absolute atomic E-state index is 0.0923. The lowest BCUT2D eigenvalue weighted by atomic mass is 10.0. The average molecular weight is 374 g/mol. The fraction of sp³-hybridized carbons (Fsp3) is 0.318. The van der Waals surface area contributed by atoms with Crippen LogP contribution in [0.3, 0.4) is 0 Å². The number of carbonyl (C=O) groups is 1. The Morgan fingerprint density at radius 2 is 2.04 bits per heavy atom. The van der Waals surface area contributed by atoms with Gasteiger partial charge in [0, 0.05) is 31.6 Å². The first-order valence-electron chi connectivity index (χ1n) is 9.47. The van der Waals surface area contributed by atoms with Crippen LogP contribution in [-0.2, 0) is 0 Å². The molecule has 1 fully saturated rings. The Morgan fingerprint density at radius 1 is 1.18 bits per heavy atom. The third-order valence-electron chi connectivity index (χ3n) is 5.43. The van der Waals surface area contributed by atoms with Crippen molar-refractivity contribution in [3.8, 4) is 6.07 Å². The van der Waals surface area contributed by atoms with E-state index < -0.39 is 0 Å². The van der Waals surface area contributed by atoms with Gasteiger partial charge in [0.25, 0.3) is 5.91 Å². The number of nitriles is 1. The van der Waals surface area contributed by atoms with Crippen molar-refractivity contribution in [2.75, 3.05) is 31.1 Å². The Bertz CT molecular complexity index is 1070. The van der Waals surface area contributed by atoms with Crippen LogP contribution in [0.2, 0.25) is 0 Å². The molecule has 0 N–H and O–H groups in total. The van der Waals surface area contributed by atoms with Crippen LogP contribution in [0.15, 0.2) is 41.0 Å². The van der Waals surface area contributed by atoms with Gasteiger partial charge in [-0.3, -0.25) is 4.79 Å². The molecule has 1 saturated heterocycles. The predicted molar refractivity (Wildman–Crippen MR) is 107 cm³/mol. The highest BCUT2D eigenvalue weighted by molar-refractivity contribution is 5.91. The van der Waals surface area contributed by atoms with E-state index >= 15 is 0 Å². The number of benzene rings is 1. The zero-order valence-corrected chi connectivity index (χ0v) is 16.1. The highest BCUT2D eigenvalue weighted by atomic mass is 16.3. The SMILES string of the molecule is Cc1ccc2cc(C#N)c(N3CCCN(C(=O)c4ccco4)CC3)nc2c1C. The van der Waals surface area contributed by atoms with E-state index in [9.17, 15) is 10.1 Å². The van der Waals surface area contributed by atoms with Gasteiger partial charge in [0.15, 0.2) is 5.76 Å². The first-order valence-corrected chi connectivity index (χ1v) is 9.47. The third kappa shape index (κ3) is 3.20. The second-order valence-corrected chi connectivity index (χ2v) is 7.16. The van der Waals surface area contributed by atoms with E-state index in [0.29, 0.717) is 36.8 Å². The largest absolute Gasteiger partial charge is 0.459 e. The van der Waals surface area contributed by atoms with Gasteiger partial charge in [-0.25, -0.2) is 4.98 Å². The maximum absolute atomic E-state index is 12.6. The number of hydrogen-bond acceptors (Lipinski definition) is 5. The first kappa shape index (κ1) is 18.1. The molecule has 142 valence electrons. The van der Waals surface area contributed by atoms with Gasteiger partial charge in [-0.2, -0.15) is 5.26 Å². The van der Waals surface area contributed by atoms with E-state index in [-0.39, 0.29) is 5.91 Å². The molecule has 3 aromatic rings. The lowest BCUT2D eigenvalue weighted by molar-refractivity contribution is 0.0735. The molecule has 1 aromatic carbocycles. The maximum Gasteiger partial charge on any atom is 0.289 e. The van der Waals surface area contributed by atoms with Gasteiger partial charge in [0.05, 0.1) is 17.3 Å². The third-order valence-corrected chi connectivity index (χ3v) is 5.43. The molecule has 1 aliphatic rings. The predicted octanol–water partition coefficient (Wildman–Crippen LogP) is 3.67. The van der Waals surface area contributed by atoms with Crippen LogP contribution in [0.1, 0.15) is 33.7 Å². The van der Waals surface area contributed by atoms with E-state index in [4.69, 9.17) is 9.40 Å². The summed E-state index contributed by atoms with van der Waals surface area (Å²) in [7, 11) is 0. The molecule has 4 rings (SSSR count). The highest BCUT2D eigenvalue weighted by Crippen LogP contribution is 2.27. The minimum atomic E-state index is -0.0923. The van der Waals surface area contributed by atoms with Crippen LogP contribution < -0.4 is 4.90 Å². The highest BCUT2D eigenvalue weighted by Gasteiger charge is 2.24. The van der Waals surface area contributed by atoms with E-state index in [1.165, 1.54) is 11.8 Å². The number of aryl methyl sites for hydroxylation is 2. The molecule has 0 bridgehead atoms. The number of hydrogen-bond donors (Lipinski definition) is 0. The summed E-state index contributed by atoms with van der Waals surface area (Å²) in [6.07, 6.45) is 2.32. The number of pyridine rings is 1. The Balaban J connectivity index is 1.64. The summed E-state index contributed by atoms with van der Waals surface area (Å²) in [6.45, 7) is 6.73. The zero-order chi connectivity index (χ0) is 19.7. The fourth-order valence-electron chi connectivity index (χ4n) is 3.68. The van der Waals surface area contributed by atoms with Gasteiger partial charge in [-0.05, 0) is 49.6 Å². The molecule has 1 aliphatic heterocycles. The molecule has 0 aliphatic carbocycles. The second-order valence-electron chi connectivity index (χ2n) is 7.16. The number of carbonyl (C=O) groups excluding carboxylic acids is 1. The summed E-state index contributed by atoms with van der Waals surface area (Å²) < 4.78 is 5.25. The molecule has 28 heavy (non-hydrogen) atoms. The topological polar surface area (TPSA) is 73.4 Å². The Labute approximate surface area is 164 Å². The van der Waals surface area contributed by atoms with Crippen molar-refractivity contribution in [2.24, 2.45) is 0 Å². The maximum atomic E-state index is 12.6. The summed E-state index contributed by atoms with van der Waals surface area (Å²) >= 11 is 0. The monoisotopic (exact) mass is 374 g/mol. The average Bonchev–Trinajstić information content (AvgIpc) is 3.14. The van der Waals surface area contributed by atoms with Crippen LogP contribution in [-0.4, -0.2) is 42.0 Å². The Morgan fingerprint density at radius 3 is 2.79 bits per heavy atom. The van der Waals surface area contributed by atoms with Gasteiger partial charge < -0.3 is 14.2 Å². The number of aromatic nitrogens is 1. The molecule has 0 spiro atoms. The molecular formula is C22H22N4O2. The van der Waals surface area contributed by atoms with Crippen LogP contribution in [0.5, 0.6) is 0 Å². The van der Waals surface area contributed by atoms with E-state index in [1.807, 2.05) is 12.1 Å². The van der Waals surface area contributed by atoms with Crippen molar-refractivity contribution in [3.05, 3.63) is 59.0 Å². The van der Waals surface area contributed by atoms with Crippen molar-refractivity contribution in [2.45, 2.75) is 20.3 Å². The molecule has 0 saturated carbocycles.